The van der Waals surface area contributed by atoms with E-state index in [1.54, 1.807) is 0 Å². The van der Waals surface area contributed by atoms with Gasteiger partial charge >= 0.3 is 5.69 Å². The lowest BCUT2D eigenvalue weighted by Gasteiger charge is -2.36. The van der Waals surface area contributed by atoms with Crippen LogP contribution in [0.15, 0.2) is 88.8 Å². The third kappa shape index (κ3) is 6.61. The lowest BCUT2D eigenvalue weighted by atomic mass is 10.0. The van der Waals surface area contributed by atoms with Crippen LogP contribution in [-0.4, -0.2) is 69.6 Å². The number of hydrogen-bond donors (Lipinski definition) is 1. The number of halogens is 2. The van der Waals surface area contributed by atoms with Crippen LogP contribution in [0.4, 0.5) is 11.5 Å². The Balaban J connectivity index is 0.928. The second kappa shape index (κ2) is 13.4. The monoisotopic (exact) mass is 673 g/mol. The maximum absolute atomic E-state index is 13.3. The molecule has 2 fully saturated rings. The molecule has 2 aliphatic heterocycles. The van der Waals surface area contributed by atoms with Gasteiger partial charge in [-0.15, -0.1) is 0 Å². The Kier molecular flexibility index (Phi) is 8.93. The van der Waals surface area contributed by atoms with Crippen LogP contribution in [0, 0.1) is 0 Å². The van der Waals surface area contributed by atoms with Gasteiger partial charge in [-0.25, -0.2) is 14.8 Å². The number of aromatic nitrogens is 4. The Hall–Kier alpha value is -3.99. The molecule has 0 aliphatic carbocycles. The molecule has 7 rings (SSSR count). The summed E-state index contributed by atoms with van der Waals surface area (Å²) in [5.74, 6) is 1.50. The molecule has 9 nitrogen and oxygen atoms in total. The van der Waals surface area contributed by atoms with Crippen LogP contribution in [-0.2, 0) is 5.75 Å². The molecule has 0 unspecified atom stereocenters. The van der Waals surface area contributed by atoms with Gasteiger partial charge < -0.3 is 19.7 Å². The van der Waals surface area contributed by atoms with Crippen molar-refractivity contribution in [3.05, 3.63) is 111 Å². The molecular weight excluding hydrogens is 641 g/mol. The highest BCUT2D eigenvalue weighted by Crippen LogP contribution is 2.28. The number of piperidine rings is 1. The molecule has 2 saturated heterocycles. The largest absolute Gasteiger partial charge is 0.368 e. The minimum absolute atomic E-state index is 0.0159. The molecule has 0 bridgehead atoms. The molecule has 2 aliphatic rings. The van der Waals surface area contributed by atoms with E-state index in [0.717, 1.165) is 72.1 Å². The van der Waals surface area contributed by atoms with Crippen LogP contribution in [0.25, 0.3) is 11.0 Å². The van der Waals surface area contributed by atoms with E-state index in [9.17, 15) is 9.59 Å². The fourth-order valence-corrected chi connectivity index (χ4v) is 7.54. The molecule has 0 radical (unpaired) electrons. The number of thioether (sulfide) groups is 1. The highest BCUT2D eigenvalue weighted by molar-refractivity contribution is 7.98. The number of H-pyrrole nitrogens is 1. The van der Waals surface area contributed by atoms with Crippen molar-refractivity contribution < 1.29 is 4.79 Å². The third-order valence-corrected chi connectivity index (χ3v) is 10.1. The number of fused-ring (bicyclic) bond motifs is 1. The highest BCUT2D eigenvalue weighted by Gasteiger charge is 2.27. The zero-order valence-electron chi connectivity index (χ0n) is 25.1. The summed E-state index contributed by atoms with van der Waals surface area (Å²) < 4.78 is 1.85. The molecule has 4 heterocycles. The molecule has 46 heavy (non-hydrogen) atoms. The Morgan fingerprint density at radius 2 is 1.59 bits per heavy atom. The van der Waals surface area contributed by atoms with E-state index >= 15 is 0 Å². The lowest BCUT2D eigenvalue weighted by Crippen LogP contribution is -2.46. The van der Waals surface area contributed by atoms with Crippen LogP contribution in [0.2, 0.25) is 10.2 Å². The predicted molar refractivity (Wildman–Crippen MR) is 186 cm³/mol. The number of hydrogen-bond acceptors (Lipinski definition) is 7. The third-order valence-electron chi connectivity index (χ3n) is 8.75. The molecule has 236 valence electrons. The predicted octanol–water partition coefficient (Wildman–Crippen LogP) is 6.52. The zero-order valence-corrected chi connectivity index (χ0v) is 27.4. The van der Waals surface area contributed by atoms with Crippen LogP contribution in [0.3, 0.4) is 0 Å². The van der Waals surface area contributed by atoms with E-state index < -0.39 is 0 Å². The van der Waals surface area contributed by atoms with E-state index in [1.807, 2.05) is 82.3 Å². The summed E-state index contributed by atoms with van der Waals surface area (Å²) in [7, 11) is 0. The van der Waals surface area contributed by atoms with Crippen molar-refractivity contribution in [3.63, 3.8) is 0 Å². The minimum Gasteiger partial charge on any atom is -0.368 e. The standard InChI is InChI=1S/C34H33Cl2N7O2S/c35-25-4-3-5-27(20-25)40-16-18-41(19-17-40)31-21-30(36)38-33(39-31)46-22-23-8-10-24(11-9-23)32(44)42-14-12-26(13-15-42)43-29-7-2-1-6-28(29)37-34(43)45/h1-11,20-21,26H,12-19,22H2,(H,37,45). The molecule has 0 spiro atoms. The van der Waals surface area contributed by atoms with Gasteiger partial charge in [-0.1, -0.05) is 65.3 Å². The normalized spacial score (nSPS) is 15.9. The highest BCUT2D eigenvalue weighted by atomic mass is 35.5. The molecule has 12 heteroatoms. The number of piperazine rings is 1. The summed E-state index contributed by atoms with van der Waals surface area (Å²) in [6.45, 7) is 4.57. The second-order valence-electron chi connectivity index (χ2n) is 11.6. The van der Waals surface area contributed by atoms with Gasteiger partial charge in [0.2, 0.25) is 0 Å². The summed E-state index contributed by atoms with van der Waals surface area (Å²) in [5, 5.41) is 1.78. The van der Waals surface area contributed by atoms with E-state index in [4.69, 9.17) is 28.2 Å². The first-order chi connectivity index (χ1) is 22.4. The number of amides is 1. The first kappa shape index (κ1) is 30.7. The van der Waals surface area contributed by atoms with Gasteiger partial charge in [0.25, 0.3) is 5.91 Å². The van der Waals surface area contributed by atoms with Crippen molar-refractivity contribution in [1.29, 1.82) is 0 Å². The number of aromatic amines is 1. The van der Waals surface area contributed by atoms with Crippen molar-refractivity contribution in [2.45, 2.75) is 29.8 Å². The van der Waals surface area contributed by atoms with Gasteiger partial charge in [-0.05, 0) is 60.9 Å². The Labute approximate surface area is 281 Å². The summed E-state index contributed by atoms with van der Waals surface area (Å²) in [4.78, 5) is 44.6. The average Bonchev–Trinajstić information content (AvgIpc) is 3.43. The van der Waals surface area contributed by atoms with Gasteiger partial charge in [-0.3, -0.25) is 9.36 Å². The summed E-state index contributed by atoms with van der Waals surface area (Å²) >= 11 is 14.1. The first-order valence-corrected chi connectivity index (χ1v) is 17.2. The Bertz CT molecular complexity index is 1910. The van der Waals surface area contributed by atoms with Crippen LogP contribution < -0.4 is 15.5 Å². The van der Waals surface area contributed by atoms with E-state index in [0.29, 0.717) is 34.7 Å². The Morgan fingerprint density at radius 1 is 0.848 bits per heavy atom. The molecule has 5 aromatic rings. The van der Waals surface area contributed by atoms with E-state index in [2.05, 4.69) is 25.8 Å². The van der Waals surface area contributed by atoms with Crippen molar-refractivity contribution in [2.24, 2.45) is 0 Å². The van der Waals surface area contributed by atoms with Gasteiger partial charge in [0, 0.05) is 73.4 Å². The topological polar surface area (TPSA) is 90.4 Å². The van der Waals surface area contributed by atoms with Crippen molar-refractivity contribution in [3.8, 4) is 0 Å². The van der Waals surface area contributed by atoms with Gasteiger partial charge in [0.15, 0.2) is 5.16 Å². The number of carbonyl (C=O) groups is 1. The smallest absolute Gasteiger partial charge is 0.326 e. The molecule has 0 atom stereocenters. The number of benzene rings is 3. The van der Waals surface area contributed by atoms with Crippen molar-refractivity contribution in [1.82, 2.24) is 24.4 Å². The van der Waals surface area contributed by atoms with Crippen molar-refractivity contribution >= 4 is 63.4 Å². The number of imidazole rings is 1. The fraction of sp³-hybridized carbons (Fsp3) is 0.294. The Morgan fingerprint density at radius 3 is 2.35 bits per heavy atom. The molecule has 3 aromatic carbocycles. The van der Waals surface area contributed by atoms with Gasteiger partial charge in [0.05, 0.1) is 11.0 Å². The average molecular weight is 675 g/mol. The molecule has 1 N–H and O–H groups in total. The first-order valence-electron chi connectivity index (χ1n) is 15.4. The molecule has 2 aromatic heterocycles. The van der Waals surface area contributed by atoms with Gasteiger partial charge in [0.1, 0.15) is 11.0 Å². The maximum Gasteiger partial charge on any atom is 0.326 e. The number of nitrogens with zero attached hydrogens (tertiary/aromatic N) is 6. The number of likely N-dealkylation sites (tertiary alicyclic amines) is 1. The maximum atomic E-state index is 13.3. The number of anilines is 2. The quantitative estimate of drug-likeness (QED) is 0.119. The number of para-hydroxylation sites is 2. The molecular formula is C34H33Cl2N7O2S. The molecule has 0 saturated carbocycles. The summed E-state index contributed by atoms with van der Waals surface area (Å²) in [6.07, 6.45) is 1.48. The number of nitrogens with one attached hydrogen (secondary N) is 1. The molecule has 1 amide bonds. The van der Waals surface area contributed by atoms with Crippen LogP contribution >= 0.6 is 35.0 Å². The minimum atomic E-state index is -0.0911. The SMILES string of the molecule is O=C(c1ccc(CSc2nc(Cl)cc(N3CCN(c4cccc(Cl)c4)CC3)n2)cc1)N1CCC(n2c(=O)[nH]c3ccccc32)CC1. The van der Waals surface area contributed by atoms with Crippen molar-refractivity contribution in [2.75, 3.05) is 49.1 Å². The van der Waals surface area contributed by atoms with Crippen LogP contribution in [0.1, 0.15) is 34.8 Å². The second-order valence-corrected chi connectivity index (χ2v) is 13.4. The van der Waals surface area contributed by atoms with Gasteiger partial charge in [-0.2, -0.15) is 0 Å². The van der Waals surface area contributed by atoms with E-state index in [1.165, 1.54) is 11.8 Å². The van der Waals surface area contributed by atoms with Crippen LogP contribution in [0.5, 0.6) is 0 Å². The fourth-order valence-electron chi connectivity index (χ4n) is 6.32. The lowest BCUT2D eigenvalue weighted by molar-refractivity contribution is 0.0695. The number of carbonyl (C=O) groups excluding carboxylic acids is 1. The van der Waals surface area contributed by atoms with E-state index in [-0.39, 0.29) is 17.6 Å². The zero-order chi connectivity index (χ0) is 31.6. The summed E-state index contributed by atoms with van der Waals surface area (Å²) in [6, 6.07) is 25.3. The summed E-state index contributed by atoms with van der Waals surface area (Å²) in [5.41, 5.74) is 4.52. The number of rotatable bonds is 7.